The number of hydrogen-bond donors (Lipinski definition) is 1. The number of halogens is 1. The minimum Gasteiger partial charge on any atom is -0.383 e. The Hall–Kier alpha value is -2.35. The molecule has 20 heavy (non-hydrogen) atoms. The molecule has 0 radical (unpaired) electrons. The molecular weight excluding hydrogens is 255 g/mol. The second kappa shape index (κ2) is 5.74. The number of nitrogen functional groups attached to an aromatic ring is 1. The number of anilines is 1. The molecule has 104 valence electrons. The third-order valence-corrected chi connectivity index (χ3v) is 3.42. The van der Waals surface area contributed by atoms with Crippen LogP contribution < -0.4 is 5.73 Å². The summed E-state index contributed by atoms with van der Waals surface area (Å²) in [6.45, 7) is 4.05. The molecule has 5 heteroatoms. The highest BCUT2D eigenvalue weighted by Crippen LogP contribution is 2.23. The first kappa shape index (κ1) is 14.1. The third kappa shape index (κ3) is 2.64. The zero-order valence-corrected chi connectivity index (χ0v) is 11.6. The summed E-state index contributed by atoms with van der Waals surface area (Å²) >= 11 is 0. The molecule has 4 nitrogen and oxygen atoms in total. The Morgan fingerprint density at radius 3 is 2.60 bits per heavy atom. The monoisotopic (exact) mass is 272 g/mol. The summed E-state index contributed by atoms with van der Waals surface area (Å²) in [4.78, 5) is 0. The van der Waals surface area contributed by atoms with E-state index < -0.39 is 0 Å². The SMILES string of the molecule is CC[C@H](C)n1nc(Cc2ccc(F)cc2)c(C#N)c1N. The molecule has 0 amide bonds. The molecule has 0 bridgehead atoms. The Kier molecular flexibility index (Phi) is 4.04. The van der Waals surface area contributed by atoms with Gasteiger partial charge in [0.05, 0.1) is 11.7 Å². The molecule has 2 rings (SSSR count). The lowest BCUT2D eigenvalue weighted by molar-refractivity contribution is 0.481. The number of rotatable bonds is 4. The van der Waals surface area contributed by atoms with Gasteiger partial charge in [0.25, 0.3) is 0 Å². The fourth-order valence-corrected chi connectivity index (χ4v) is 2.05. The predicted molar refractivity (Wildman–Crippen MR) is 75.6 cm³/mol. The topological polar surface area (TPSA) is 67.6 Å². The fraction of sp³-hybridized carbons (Fsp3) is 0.333. The van der Waals surface area contributed by atoms with E-state index in [9.17, 15) is 9.65 Å². The first-order valence-electron chi connectivity index (χ1n) is 6.58. The van der Waals surface area contributed by atoms with Gasteiger partial charge in [0.1, 0.15) is 23.3 Å². The van der Waals surface area contributed by atoms with E-state index >= 15 is 0 Å². The Balaban J connectivity index is 2.36. The van der Waals surface area contributed by atoms with Gasteiger partial charge < -0.3 is 5.73 Å². The number of aromatic nitrogens is 2. The van der Waals surface area contributed by atoms with Gasteiger partial charge in [-0.15, -0.1) is 0 Å². The number of nitrogens with zero attached hydrogens (tertiary/aromatic N) is 3. The highest BCUT2D eigenvalue weighted by atomic mass is 19.1. The second-order valence-electron chi connectivity index (χ2n) is 4.82. The van der Waals surface area contributed by atoms with Crippen molar-refractivity contribution in [2.75, 3.05) is 5.73 Å². The molecule has 0 saturated carbocycles. The van der Waals surface area contributed by atoms with Crippen molar-refractivity contribution in [2.45, 2.75) is 32.7 Å². The molecule has 0 aliphatic heterocycles. The van der Waals surface area contributed by atoms with E-state index in [0.717, 1.165) is 12.0 Å². The number of hydrogen-bond acceptors (Lipinski definition) is 3. The third-order valence-electron chi connectivity index (χ3n) is 3.42. The highest BCUT2D eigenvalue weighted by Gasteiger charge is 2.18. The summed E-state index contributed by atoms with van der Waals surface area (Å²) in [7, 11) is 0. The van der Waals surface area contributed by atoms with Gasteiger partial charge in [-0.25, -0.2) is 9.07 Å². The highest BCUT2D eigenvalue weighted by molar-refractivity contribution is 5.53. The summed E-state index contributed by atoms with van der Waals surface area (Å²) < 4.78 is 14.6. The van der Waals surface area contributed by atoms with Crippen LogP contribution in [0.2, 0.25) is 0 Å². The summed E-state index contributed by atoms with van der Waals surface area (Å²) in [5.74, 6) is 0.123. The minimum atomic E-state index is -0.279. The minimum absolute atomic E-state index is 0.143. The van der Waals surface area contributed by atoms with Crippen molar-refractivity contribution in [1.29, 1.82) is 5.26 Å². The van der Waals surface area contributed by atoms with E-state index in [1.54, 1.807) is 16.8 Å². The summed E-state index contributed by atoms with van der Waals surface area (Å²) in [5, 5.41) is 13.7. The molecule has 0 aliphatic rings. The van der Waals surface area contributed by atoms with Gasteiger partial charge in [0.15, 0.2) is 0 Å². The largest absolute Gasteiger partial charge is 0.383 e. The lowest BCUT2D eigenvalue weighted by atomic mass is 10.1. The van der Waals surface area contributed by atoms with Crippen LogP contribution in [0.25, 0.3) is 0 Å². The maximum atomic E-state index is 12.9. The molecule has 1 heterocycles. The Morgan fingerprint density at radius 1 is 1.40 bits per heavy atom. The molecule has 0 unspecified atom stereocenters. The molecule has 2 aromatic rings. The zero-order valence-electron chi connectivity index (χ0n) is 11.6. The normalized spacial score (nSPS) is 12.1. The lowest BCUT2D eigenvalue weighted by Gasteiger charge is -2.10. The Morgan fingerprint density at radius 2 is 2.05 bits per heavy atom. The average Bonchev–Trinajstić information content (AvgIpc) is 2.76. The molecule has 0 aliphatic carbocycles. The molecular formula is C15H17FN4. The van der Waals surface area contributed by atoms with Gasteiger partial charge >= 0.3 is 0 Å². The van der Waals surface area contributed by atoms with Crippen LogP contribution in [-0.2, 0) is 6.42 Å². The zero-order chi connectivity index (χ0) is 14.7. The van der Waals surface area contributed by atoms with Gasteiger partial charge in [-0.3, -0.25) is 0 Å². The van der Waals surface area contributed by atoms with Crippen LogP contribution in [0.3, 0.4) is 0 Å². The van der Waals surface area contributed by atoms with E-state index in [4.69, 9.17) is 5.73 Å². The molecule has 1 atom stereocenters. The first-order valence-corrected chi connectivity index (χ1v) is 6.58. The van der Waals surface area contributed by atoms with E-state index in [2.05, 4.69) is 11.2 Å². The smallest absolute Gasteiger partial charge is 0.140 e. The van der Waals surface area contributed by atoms with Crippen molar-refractivity contribution >= 4 is 5.82 Å². The molecule has 0 saturated heterocycles. The van der Waals surface area contributed by atoms with E-state index in [1.807, 2.05) is 13.8 Å². The number of benzene rings is 1. The Bertz CT molecular complexity index is 637. The average molecular weight is 272 g/mol. The number of nitriles is 1. The molecule has 1 aromatic carbocycles. The second-order valence-corrected chi connectivity index (χ2v) is 4.82. The van der Waals surface area contributed by atoms with Crippen LogP contribution in [0, 0.1) is 17.1 Å². The van der Waals surface area contributed by atoms with Crippen molar-refractivity contribution in [1.82, 2.24) is 9.78 Å². The van der Waals surface area contributed by atoms with Crippen LogP contribution in [0.5, 0.6) is 0 Å². The summed E-state index contributed by atoms with van der Waals surface area (Å²) in [6.07, 6.45) is 1.35. The maximum absolute atomic E-state index is 12.9. The van der Waals surface area contributed by atoms with Crippen LogP contribution in [-0.4, -0.2) is 9.78 Å². The van der Waals surface area contributed by atoms with Crippen molar-refractivity contribution < 1.29 is 4.39 Å². The van der Waals surface area contributed by atoms with Crippen molar-refractivity contribution in [2.24, 2.45) is 0 Å². The molecule has 0 fully saturated rings. The van der Waals surface area contributed by atoms with Gasteiger partial charge in [0.2, 0.25) is 0 Å². The summed E-state index contributed by atoms with van der Waals surface area (Å²) in [6, 6.07) is 8.43. The van der Waals surface area contributed by atoms with E-state index in [1.165, 1.54) is 12.1 Å². The van der Waals surface area contributed by atoms with Crippen LogP contribution >= 0.6 is 0 Å². The van der Waals surface area contributed by atoms with Gasteiger partial charge in [-0.2, -0.15) is 10.4 Å². The van der Waals surface area contributed by atoms with Crippen LogP contribution in [0.1, 0.15) is 43.1 Å². The van der Waals surface area contributed by atoms with E-state index in [-0.39, 0.29) is 11.9 Å². The van der Waals surface area contributed by atoms with E-state index in [0.29, 0.717) is 23.5 Å². The number of nitrogens with two attached hydrogens (primary N) is 1. The fourth-order valence-electron chi connectivity index (χ4n) is 2.05. The van der Waals surface area contributed by atoms with Crippen molar-refractivity contribution in [3.63, 3.8) is 0 Å². The van der Waals surface area contributed by atoms with Crippen molar-refractivity contribution in [3.05, 3.63) is 46.9 Å². The van der Waals surface area contributed by atoms with Gasteiger partial charge in [0, 0.05) is 6.42 Å². The Labute approximate surface area is 117 Å². The molecule has 0 spiro atoms. The predicted octanol–water partition coefficient (Wildman–Crippen LogP) is 3.04. The van der Waals surface area contributed by atoms with Gasteiger partial charge in [-0.1, -0.05) is 19.1 Å². The standard InChI is InChI=1S/C15H17FN4/c1-3-10(2)20-15(18)13(9-17)14(19-20)8-11-4-6-12(16)7-5-11/h4-7,10H,3,8,18H2,1-2H3/t10-/m0/s1. The summed E-state index contributed by atoms with van der Waals surface area (Å²) in [5.41, 5.74) is 7.93. The quantitative estimate of drug-likeness (QED) is 0.930. The van der Waals surface area contributed by atoms with Gasteiger partial charge in [-0.05, 0) is 31.0 Å². The first-order chi connectivity index (χ1) is 9.56. The van der Waals surface area contributed by atoms with Crippen molar-refractivity contribution in [3.8, 4) is 6.07 Å². The lowest BCUT2D eigenvalue weighted by Crippen LogP contribution is -2.09. The molecule has 2 N–H and O–H groups in total. The van der Waals surface area contributed by atoms with Crippen LogP contribution in [0.4, 0.5) is 10.2 Å². The van der Waals surface area contributed by atoms with Crippen LogP contribution in [0.15, 0.2) is 24.3 Å². The maximum Gasteiger partial charge on any atom is 0.140 e. The molecule has 1 aromatic heterocycles.